The average molecular weight is 464 g/mol. The van der Waals surface area contributed by atoms with Gasteiger partial charge in [0.05, 0.1) is 11.8 Å². The van der Waals surface area contributed by atoms with Crippen LogP contribution in [0.3, 0.4) is 0 Å². The van der Waals surface area contributed by atoms with E-state index in [4.69, 9.17) is 9.47 Å². The Morgan fingerprint density at radius 3 is 2.41 bits per heavy atom. The molecule has 0 unspecified atom stereocenters. The summed E-state index contributed by atoms with van der Waals surface area (Å²) in [5, 5.41) is 7.03. The van der Waals surface area contributed by atoms with E-state index in [1.807, 2.05) is 25.1 Å². The summed E-state index contributed by atoms with van der Waals surface area (Å²) in [6, 6.07) is 15.2. The van der Waals surface area contributed by atoms with E-state index in [1.165, 1.54) is 5.56 Å². The van der Waals surface area contributed by atoms with Crippen LogP contribution in [0.1, 0.15) is 73.5 Å². The Balaban J connectivity index is 1.69. The highest BCUT2D eigenvalue weighted by Gasteiger charge is 2.21. The maximum Gasteiger partial charge on any atom is 0.361 e. The molecule has 0 spiro atoms. The van der Waals surface area contributed by atoms with Crippen molar-refractivity contribution in [2.45, 2.75) is 66.2 Å². The molecular weight excluding hydrogens is 430 g/mol. The Morgan fingerprint density at radius 1 is 1.09 bits per heavy atom. The molecule has 0 atom stereocenters. The number of anilines is 1. The van der Waals surface area contributed by atoms with Crippen LogP contribution < -0.4 is 10.1 Å². The van der Waals surface area contributed by atoms with Crippen molar-refractivity contribution in [1.82, 2.24) is 9.78 Å². The van der Waals surface area contributed by atoms with E-state index >= 15 is 0 Å². The van der Waals surface area contributed by atoms with Gasteiger partial charge in [0, 0.05) is 18.3 Å². The van der Waals surface area contributed by atoms with Gasteiger partial charge in [-0.2, -0.15) is 5.10 Å². The minimum Gasteiger partial charge on any atom is -0.489 e. The zero-order chi connectivity index (χ0) is 24.9. The van der Waals surface area contributed by atoms with Crippen molar-refractivity contribution in [2.75, 3.05) is 5.32 Å². The minimum atomic E-state index is -0.572. The summed E-state index contributed by atoms with van der Waals surface area (Å²) in [5.41, 5.74) is 3.04. The molecule has 0 aliphatic heterocycles. The molecule has 1 N–H and O–H groups in total. The van der Waals surface area contributed by atoms with Gasteiger partial charge in [0.25, 0.3) is 5.91 Å². The molecular formula is C27H33N3O4. The van der Waals surface area contributed by atoms with Gasteiger partial charge in [0.1, 0.15) is 12.4 Å². The fourth-order valence-electron chi connectivity index (χ4n) is 3.31. The van der Waals surface area contributed by atoms with E-state index in [1.54, 1.807) is 42.9 Å². The highest BCUT2D eigenvalue weighted by molar-refractivity contribution is 6.07. The van der Waals surface area contributed by atoms with Crippen LogP contribution in [0.2, 0.25) is 0 Å². The molecule has 0 saturated carbocycles. The molecule has 1 aromatic heterocycles. The van der Waals surface area contributed by atoms with Crippen LogP contribution in [0.15, 0.2) is 54.7 Å². The van der Waals surface area contributed by atoms with Crippen LogP contribution in [0.5, 0.6) is 5.75 Å². The second kappa shape index (κ2) is 10.5. The van der Waals surface area contributed by atoms with Crippen molar-refractivity contribution < 1.29 is 19.1 Å². The number of nitrogens with zero attached hydrogens (tertiary/aromatic N) is 2. The van der Waals surface area contributed by atoms with Crippen LogP contribution in [0, 0.1) is 0 Å². The number of aryl methyl sites for hydroxylation is 1. The Kier molecular flexibility index (Phi) is 7.76. The van der Waals surface area contributed by atoms with Gasteiger partial charge < -0.3 is 14.8 Å². The third-order valence-corrected chi connectivity index (χ3v) is 5.18. The van der Waals surface area contributed by atoms with Gasteiger partial charge in [0.15, 0.2) is 5.69 Å². The fraction of sp³-hybridized carbons (Fsp3) is 0.370. The monoisotopic (exact) mass is 463 g/mol. The van der Waals surface area contributed by atoms with Crippen LogP contribution in [0.25, 0.3) is 0 Å². The summed E-state index contributed by atoms with van der Waals surface area (Å²) in [4.78, 5) is 25.3. The van der Waals surface area contributed by atoms with E-state index in [0.29, 0.717) is 24.4 Å². The lowest BCUT2D eigenvalue weighted by Crippen LogP contribution is -2.17. The van der Waals surface area contributed by atoms with E-state index in [2.05, 4.69) is 43.3 Å². The second-order valence-electron chi connectivity index (χ2n) is 9.42. The lowest BCUT2D eigenvalue weighted by Gasteiger charge is -2.19. The number of nitrogens with one attached hydrogen (secondary N) is 1. The Hall–Kier alpha value is -3.61. The molecule has 0 fully saturated rings. The first-order valence-electron chi connectivity index (χ1n) is 11.5. The van der Waals surface area contributed by atoms with Crippen molar-refractivity contribution >= 4 is 17.6 Å². The molecule has 0 aliphatic rings. The van der Waals surface area contributed by atoms with Crippen LogP contribution >= 0.6 is 0 Å². The fourth-order valence-corrected chi connectivity index (χ4v) is 3.31. The maximum atomic E-state index is 12.9. The van der Waals surface area contributed by atoms with Crippen molar-refractivity contribution in [3.05, 3.63) is 77.1 Å². The zero-order valence-corrected chi connectivity index (χ0v) is 20.7. The predicted octanol–water partition coefficient (Wildman–Crippen LogP) is 5.60. The number of carbonyl (C=O) groups is 2. The van der Waals surface area contributed by atoms with E-state index in [-0.39, 0.29) is 23.1 Å². The van der Waals surface area contributed by atoms with Gasteiger partial charge in [0.2, 0.25) is 0 Å². The largest absolute Gasteiger partial charge is 0.489 e. The molecule has 1 amide bonds. The van der Waals surface area contributed by atoms with Gasteiger partial charge in [-0.3, -0.25) is 9.48 Å². The predicted molar refractivity (Wildman–Crippen MR) is 132 cm³/mol. The first kappa shape index (κ1) is 25.0. The van der Waals surface area contributed by atoms with Gasteiger partial charge in [-0.25, -0.2) is 4.79 Å². The Bertz CT molecular complexity index is 1140. The van der Waals surface area contributed by atoms with Crippen LogP contribution in [-0.2, 0) is 23.3 Å². The van der Waals surface area contributed by atoms with Gasteiger partial charge >= 0.3 is 5.97 Å². The number of ether oxygens (including phenoxy) is 2. The average Bonchev–Trinajstić information content (AvgIpc) is 3.20. The van der Waals surface area contributed by atoms with Crippen molar-refractivity contribution in [3.63, 3.8) is 0 Å². The lowest BCUT2D eigenvalue weighted by molar-refractivity contribution is 0.0371. The standard InChI is InChI=1S/C27H33N3O4/c1-7-30-16-23(24(29-30)26(32)34-18(2)3)28-25(31)20-10-8-9-19(15-20)17-33-22-13-11-21(12-14-22)27(4,5)6/h8-16,18H,7,17H2,1-6H3,(H,28,31). The summed E-state index contributed by atoms with van der Waals surface area (Å²) in [6.45, 7) is 12.8. The van der Waals surface area contributed by atoms with Crippen LogP contribution in [0.4, 0.5) is 5.69 Å². The third-order valence-electron chi connectivity index (χ3n) is 5.18. The van der Waals surface area contributed by atoms with Crippen molar-refractivity contribution in [2.24, 2.45) is 0 Å². The molecule has 34 heavy (non-hydrogen) atoms. The van der Waals surface area contributed by atoms with E-state index in [0.717, 1.165) is 11.3 Å². The highest BCUT2D eigenvalue weighted by Crippen LogP contribution is 2.25. The number of benzene rings is 2. The van der Waals surface area contributed by atoms with Gasteiger partial charge in [-0.15, -0.1) is 0 Å². The molecule has 0 radical (unpaired) electrons. The molecule has 180 valence electrons. The number of aromatic nitrogens is 2. The molecule has 1 heterocycles. The van der Waals surface area contributed by atoms with E-state index < -0.39 is 5.97 Å². The normalized spacial score (nSPS) is 11.4. The number of hydrogen-bond donors (Lipinski definition) is 1. The van der Waals surface area contributed by atoms with Gasteiger partial charge in [-0.05, 0) is 61.6 Å². The second-order valence-corrected chi connectivity index (χ2v) is 9.42. The third kappa shape index (κ3) is 6.47. The molecule has 2 aromatic carbocycles. The first-order chi connectivity index (χ1) is 16.1. The quantitative estimate of drug-likeness (QED) is 0.440. The summed E-state index contributed by atoms with van der Waals surface area (Å²) >= 11 is 0. The smallest absolute Gasteiger partial charge is 0.361 e. The Labute approximate surface area is 201 Å². The first-order valence-corrected chi connectivity index (χ1v) is 11.5. The van der Waals surface area contributed by atoms with E-state index in [9.17, 15) is 9.59 Å². The molecule has 7 heteroatoms. The SMILES string of the molecule is CCn1cc(NC(=O)c2cccc(COc3ccc(C(C)(C)C)cc3)c2)c(C(=O)OC(C)C)n1. The molecule has 0 aliphatic carbocycles. The summed E-state index contributed by atoms with van der Waals surface area (Å²) in [5.74, 6) is -0.147. The molecule has 3 aromatic rings. The number of amides is 1. The highest BCUT2D eigenvalue weighted by atomic mass is 16.5. The number of hydrogen-bond acceptors (Lipinski definition) is 5. The zero-order valence-electron chi connectivity index (χ0n) is 20.7. The number of carbonyl (C=O) groups excluding carboxylic acids is 2. The maximum absolute atomic E-state index is 12.9. The molecule has 0 saturated heterocycles. The molecule has 7 nitrogen and oxygen atoms in total. The Morgan fingerprint density at radius 2 is 1.79 bits per heavy atom. The lowest BCUT2D eigenvalue weighted by atomic mass is 9.87. The number of rotatable bonds is 8. The number of esters is 1. The summed E-state index contributed by atoms with van der Waals surface area (Å²) in [6.07, 6.45) is 1.34. The molecule has 0 bridgehead atoms. The summed E-state index contributed by atoms with van der Waals surface area (Å²) in [7, 11) is 0. The minimum absolute atomic E-state index is 0.0826. The topological polar surface area (TPSA) is 82.5 Å². The summed E-state index contributed by atoms with van der Waals surface area (Å²) < 4.78 is 12.8. The van der Waals surface area contributed by atoms with Crippen molar-refractivity contribution in [3.8, 4) is 5.75 Å². The van der Waals surface area contributed by atoms with Gasteiger partial charge in [-0.1, -0.05) is 45.0 Å². The van der Waals surface area contributed by atoms with Crippen LogP contribution in [-0.4, -0.2) is 27.8 Å². The molecule has 3 rings (SSSR count). The van der Waals surface area contributed by atoms with Crippen molar-refractivity contribution in [1.29, 1.82) is 0 Å².